The second-order valence-electron chi connectivity index (χ2n) is 12.9. The summed E-state index contributed by atoms with van der Waals surface area (Å²) in [6.07, 6.45) is 7.78. The number of benzene rings is 2. The number of aryl methyl sites for hydroxylation is 1. The first-order valence-corrected chi connectivity index (χ1v) is 17.3. The van der Waals surface area contributed by atoms with Crippen molar-refractivity contribution in [3.63, 3.8) is 0 Å². The van der Waals surface area contributed by atoms with Crippen molar-refractivity contribution >= 4 is 39.4 Å². The van der Waals surface area contributed by atoms with E-state index in [9.17, 15) is 13.8 Å². The maximum Gasteiger partial charge on any atom is 0.260 e. The molecular formula is C35H40N6O3S. The van der Waals surface area contributed by atoms with E-state index in [4.69, 9.17) is 4.98 Å². The maximum atomic E-state index is 14.3. The van der Waals surface area contributed by atoms with Crippen LogP contribution in [0.4, 0.5) is 11.6 Å². The molecule has 2 aromatic heterocycles. The number of amides is 1. The highest BCUT2D eigenvalue weighted by Gasteiger charge is 2.32. The minimum atomic E-state index is -1.21. The average molecular weight is 625 g/mol. The van der Waals surface area contributed by atoms with Crippen LogP contribution in [0.2, 0.25) is 0 Å². The van der Waals surface area contributed by atoms with Gasteiger partial charge < -0.3 is 15.1 Å². The smallest absolute Gasteiger partial charge is 0.260 e. The van der Waals surface area contributed by atoms with Crippen molar-refractivity contribution in [2.24, 2.45) is 5.92 Å². The van der Waals surface area contributed by atoms with Crippen LogP contribution in [0.5, 0.6) is 0 Å². The molecule has 0 spiro atoms. The van der Waals surface area contributed by atoms with Gasteiger partial charge in [0, 0.05) is 58.2 Å². The maximum absolute atomic E-state index is 14.3. The van der Waals surface area contributed by atoms with Gasteiger partial charge >= 0.3 is 0 Å². The van der Waals surface area contributed by atoms with Gasteiger partial charge in [-0.2, -0.15) is 4.98 Å². The molecule has 0 radical (unpaired) electrons. The minimum Gasteiger partial charge on any atom is -0.341 e. The van der Waals surface area contributed by atoms with E-state index in [0.717, 1.165) is 56.4 Å². The van der Waals surface area contributed by atoms with Crippen LogP contribution in [0, 0.1) is 12.8 Å². The Labute approximate surface area is 266 Å². The molecule has 1 N–H and O–H groups in total. The zero-order chi connectivity index (χ0) is 31.1. The fraction of sp³-hybridized carbons (Fsp3) is 0.429. The fourth-order valence-corrected chi connectivity index (χ4v) is 8.24. The first-order valence-electron chi connectivity index (χ1n) is 16.1. The van der Waals surface area contributed by atoms with Gasteiger partial charge in [-0.25, -0.2) is 4.98 Å². The Morgan fingerprint density at radius 1 is 1.00 bits per heavy atom. The first kappa shape index (κ1) is 29.8. The molecule has 234 valence electrons. The number of nitrogens with one attached hydrogen (secondary N) is 1. The standard InChI is InChI=1S/C35H40N6O3S/c1-23-5-12-29(31(17-23)45(44)28-10-11-28)30-19-26-20-36-35(37-27-8-6-24(7-9-27)18-25-13-16-39(2)21-25)38-33(26)41(34(30)43)22-32(42)40-14-3-4-15-40/h5-9,12,17,19-20,25,28H,3-4,10-11,13-16,18,21-22H2,1-2H3,(H,36,37,38). The van der Waals surface area contributed by atoms with E-state index in [1.807, 2.05) is 42.2 Å². The largest absolute Gasteiger partial charge is 0.341 e. The lowest BCUT2D eigenvalue weighted by Gasteiger charge is -2.19. The van der Waals surface area contributed by atoms with E-state index < -0.39 is 10.8 Å². The highest BCUT2D eigenvalue weighted by Crippen LogP contribution is 2.35. The molecule has 1 aliphatic carbocycles. The Balaban J connectivity index is 1.24. The molecule has 2 aliphatic heterocycles. The van der Waals surface area contributed by atoms with Crippen LogP contribution in [0.3, 0.4) is 0 Å². The molecule has 7 rings (SSSR count). The molecule has 3 fully saturated rings. The number of carbonyl (C=O) groups is 1. The Bertz CT molecular complexity index is 1830. The number of nitrogens with zero attached hydrogens (tertiary/aromatic N) is 5. The Morgan fingerprint density at radius 2 is 1.78 bits per heavy atom. The number of pyridine rings is 1. The lowest BCUT2D eigenvalue weighted by atomic mass is 9.98. The molecule has 45 heavy (non-hydrogen) atoms. The van der Waals surface area contributed by atoms with Crippen molar-refractivity contribution in [3.05, 3.63) is 76.2 Å². The molecule has 2 aromatic carbocycles. The lowest BCUT2D eigenvalue weighted by Crippen LogP contribution is -2.35. The number of rotatable bonds is 9. The van der Waals surface area contributed by atoms with Gasteiger partial charge in [-0.15, -0.1) is 0 Å². The summed E-state index contributed by atoms with van der Waals surface area (Å²) in [7, 11) is 0.971. The van der Waals surface area contributed by atoms with Gasteiger partial charge in [0.2, 0.25) is 11.9 Å². The van der Waals surface area contributed by atoms with Crippen LogP contribution >= 0.6 is 0 Å². The predicted molar refractivity (Wildman–Crippen MR) is 178 cm³/mol. The number of likely N-dealkylation sites (tertiary alicyclic amines) is 2. The number of aromatic nitrogens is 3. The molecule has 1 saturated carbocycles. The Morgan fingerprint density at radius 3 is 2.49 bits per heavy atom. The minimum absolute atomic E-state index is 0.101. The number of carbonyl (C=O) groups excluding carboxylic acids is 1. The highest BCUT2D eigenvalue weighted by molar-refractivity contribution is 7.86. The van der Waals surface area contributed by atoms with Gasteiger partial charge in [-0.3, -0.25) is 18.4 Å². The van der Waals surface area contributed by atoms with E-state index in [1.54, 1.807) is 12.3 Å². The number of hydrogen-bond acceptors (Lipinski definition) is 7. The summed E-state index contributed by atoms with van der Waals surface area (Å²) in [5.74, 6) is 0.941. The van der Waals surface area contributed by atoms with Crippen molar-refractivity contribution in [3.8, 4) is 11.1 Å². The molecule has 10 heteroatoms. The van der Waals surface area contributed by atoms with Gasteiger partial charge in [-0.05, 0) is 100 Å². The summed E-state index contributed by atoms with van der Waals surface area (Å²) in [5, 5.41) is 4.06. The van der Waals surface area contributed by atoms with Crippen molar-refractivity contribution in [2.45, 2.75) is 62.1 Å². The summed E-state index contributed by atoms with van der Waals surface area (Å²) in [4.78, 5) is 41.9. The average Bonchev–Trinajstić information content (AvgIpc) is 3.57. The summed E-state index contributed by atoms with van der Waals surface area (Å²) in [6.45, 7) is 5.54. The number of fused-ring (bicyclic) bond motifs is 1. The van der Waals surface area contributed by atoms with Crippen molar-refractivity contribution in [1.82, 2.24) is 24.3 Å². The van der Waals surface area contributed by atoms with E-state index in [1.165, 1.54) is 16.6 Å². The third-order valence-electron chi connectivity index (χ3n) is 9.27. The van der Waals surface area contributed by atoms with Crippen molar-refractivity contribution in [1.29, 1.82) is 0 Å². The summed E-state index contributed by atoms with van der Waals surface area (Å²) in [6, 6.07) is 15.9. The van der Waals surface area contributed by atoms with Crippen molar-refractivity contribution < 1.29 is 9.00 Å². The summed E-state index contributed by atoms with van der Waals surface area (Å²) in [5.41, 5.74) is 4.28. The van der Waals surface area contributed by atoms with Gasteiger partial charge in [-0.1, -0.05) is 24.3 Å². The third kappa shape index (κ3) is 6.44. The summed E-state index contributed by atoms with van der Waals surface area (Å²) >= 11 is 0. The Kier molecular flexibility index (Phi) is 8.27. The van der Waals surface area contributed by atoms with E-state index >= 15 is 0 Å². The monoisotopic (exact) mass is 624 g/mol. The number of anilines is 2. The Hall–Kier alpha value is -3.89. The van der Waals surface area contributed by atoms with Crippen LogP contribution in [0.15, 0.2) is 64.4 Å². The molecule has 0 bridgehead atoms. The van der Waals surface area contributed by atoms with Gasteiger partial charge in [0.25, 0.3) is 5.56 Å². The topological polar surface area (TPSA) is 100 Å². The van der Waals surface area contributed by atoms with Crippen LogP contribution in [-0.4, -0.2) is 72.9 Å². The summed E-state index contributed by atoms with van der Waals surface area (Å²) < 4.78 is 14.9. The quantitative estimate of drug-likeness (QED) is 0.283. The van der Waals surface area contributed by atoms with Gasteiger partial charge in [0.15, 0.2) is 0 Å². The zero-order valence-electron chi connectivity index (χ0n) is 26.0. The second kappa shape index (κ2) is 12.5. The molecule has 1 amide bonds. The van der Waals surface area contributed by atoms with Gasteiger partial charge in [0.1, 0.15) is 12.2 Å². The molecule has 4 heterocycles. The first-order chi connectivity index (χ1) is 21.8. The van der Waals surface area contributed by atoms with E-state index in [2.05, 4.69) is 34.4 Å². The third-order valence-corrected chi connectivity index (χ3v) is 11.1. The van der Waals surface area contributed by atoms with Crippen molar-refractivity contribution in [2.75, 3.05) is 38.5 Å². The molecule has 2 unspecified atom stereocenters. The molecule has 2 atom stereocenters. The molecule has 4 aromatic rings. The second-order valence-corrected chi connectivity index (χ2v) is 14.7. The lowest BCUT2D eigenvalue weighted by molar-refractivity contribution is -0.130. The molecular weight excluding hydrogens is 584 g/mol. The SMILES string of the molecule is Cc1ccc(-c2cc3cnc(Nc4ccc(CC5CCN(C)C5)cc4)nc3n(CC(=O)N3CCCC3)c2=O)c(S(=O)C2CC2)c1. The fourth-order valence-electron chi connectivity index (χ4n) is 6.62. The molecule has 3 aliphatic rings. The van der Waals surface area contributed by atoms with E-state index in [0.29, 0.717) is 52.0 Å². The normalized spacial score (nSPS) is 19.3. The van der Waals surface area contributed by atoms with Gasteiger partial charge in [0.05, 0.1) is 10.8 Å². The zero-order valence-corrected chi connectivity index (χ0v) is 26.8. The highest BCUT2D eigenvalue weighted by atomic mass is 32.2. The number of hydrogen-bond donors (Lipinski definition) is 1. The van der Waals surface area contributed by atoms with Crippen LogP contribution < -0.4 is 10.9 Å². The molecule has 2 saturated heterocycles. The van der Waals surface area contributed by atoms with E-state index in [-0.39, 0.29) is 23.3 Å². The van der Waals surface area contributed by atoms with Crippen LogP contribution in [0.1, 0.15) is 43.2 Å². The molecule has 9 nitrogen and oxygen atoms in total. The van der Waals surface area contributed by atoms with Crippen LogP contribution in [-0.2, 0) is 28.6 Å². The predicted octanol–water partition coefficient (Wildman–Crippen LogP) is 4.90. The van der Waals surface area contributed by atoms with Crippen LogP contribution in [0.25, 0.3) is 22.2 Å².